The lowest BCUT2D eigenvalue weighted by atomic mass is 10.1. The summed E-state index contributed by atoms with van der Waals surface area (Å²) in [7, 11) is 0. The number of imide groups is 1. The van der Waals surface area contributed by atoms with Gasteiger partial charge in [0.05, 0.1) is 0 Å². The SMILES string of the molecule is O=C1C=CC(=O)N1C1CCOCC1. The Morgan fingerprint density at radius 1 is 1.15 bits per heavy atom. The summed E-state index contributed by atoms with van der Waals surface area (Å²) in [6.45, 7) is 1.28. The van der Waals surface area contributed by atoms with Gasteiger partial charge < -0.3 is 4.74 Å². The number of nitrogens with zero attached hydrogens (tertiary/aromatic N) is 1. The van der Waals surface area contributed by atoms with Crippen LogP contribution in [0.25, 0.3) is 0 Å². The highest BCUT2D eigenvalue weighted by molar-refractivity contribution is 6.13. The highest BCUT2D eigenvalue weighted by Crippen LogP contribution is 2.18. The van der Waals surface area contributed by atoms with Crippen molar-refractivity contribution in [3.05, 3.63) is 12.2 Å². The number of amides is 2. The Labute approximate surface area is 76.2 Å². The number of carbonyl (C=O) groups excluding carboxylic acids is 2. The first-order chi connectivity index (χ1) is 6.29. The number of hydrogen-bond acceptors (Lipinski definition) is 3. The van der Waals surface area contributed by atoms with E-state index in [1.54, 1.807) is 0 Å². The summed E-state index contributed by atoms with van der Waals surface area (Å²) in [5.74, 6) is -0.367. The third kappa shape index (κ3) is 1.49. The molecule has 0 unspecified atom stereocenters. The van der Waals surface area contributed by atoms with Crippen LogP contribution in [-0.4, -0.2) is 36.0 Å². The highest BCUT2D eigenvalue weighted by atomic mass is 16.5. The van der Waals surface area contributed by atoms with Crippen molar-refractivity contribution in [3.63, 3.8) is 0 Å². The van der Waals surface area contributed by atoms with Crippen LogP contribution >= 0.6 is 0 Å². The third-order valence-electron chi connectivity index (χ3n) is 2.40. The Balaban J connectivity index is 2.07. The van der Waals surface area contributed by atoms with Gasteiger partial charge in [-0.05, 0) is 12.8 Å². The Morgan fingerprint density at radius 2 is 1.69 bits per heavy atom. The van der Waals surface area contributed by atoms with Crippen molar-refractivity contribution in [2.24, 2.45) is 0 Å². The second-order valence-corrected chi connectivity index (χ2v) is 3.22. The maximum Gasteiger partial charge on any atom is 0.253 e. The van der Waals surface area contributed by atoms with E-state index in [1.165, 1.54) is 17.1 Å². The maximum absolute atomic E-state index is 11.3. The first-order valence-corrected chi connectivity index (χ1v) is 4.42. The van der Waals surface area contributed by atoms with Crippen LogP contribution in [0.5, 0.6) is 0 Å². The molecule has 0 aliphatic carbocycles. The van der Waals surface area contributed by atoms with Gasteiger partial charge in [0.25, 0.3) is 11.8 Å². The summed E-state index contributed by atoms with van der Waals surface area (Å²) >= 11 is 0. The van der Waals surface area contributed by atoms with Gasteiger partial charge >= 0.3 is 0 Å². The average Bonchev–Trinajstić information content (AvgIpc) is 2.48. The molecule has 1 saturated heterocycles. The molecule has 1 fully saturated rings. The van der Waals surface area contributed by atoms with E-state index in [9.17, 15) is 9.59 Å². The summed E-state index contributed by atoms with van der Waals surface area (Å²) in [4.78, 5) is 23.9. The second kappa shape index (κ2) is 3.30. The summed E-state index contributed by atoms with van der Waals surface area (Å²) in [5, 5.41) is 0. The van der Waals surface area contributed by atoms with E-state index in [0.717, 1.165) is 12.8 Å². The van der Waals surface area contributed by atoms with E-state index in [-0.39, 0.29) is 17.9 Å². The van der Waals surface area contributed by atoms with Crippen molar-refractivity contribution in [2.75, 3.05) is 13.2 Å². The minimum absolute atomic E-state index is 0.0451. The van der Waals surface area contributed by atoms with E-state index in [4.69, 9.17) is 4.74 Å². The molecular weight excluding hydrogens is 170 g/mol. The van der Waals surface area contributed by atoms with Gasteiger partial charge in [-0.2, -0.15) is 0 Å². The zero-order valence-corrected chi connectivity index (χ0v) is 7.23. The van der Waals surface area contributed by atoms with Gasteiger partial charge in [-0.3, -0.25) is 14.5 Å². The fourth-order valence-corrected chi connectivity index (χ4v) is 1.72. The number of hydrogen-bond donors (Lipinski definition) is 0. The van der Waals surface area contributed by atoms with Crippen LogP contribution in [0.1, 0.15) is 12.8 Å². The van der Waals surface area contributed by atoms with Crippen molar-refractivity contribution in [1.82, 2.24) is 4.90 Å². The molecule has 4 nitrogen and oxygen atoms in total. The lowest BCUT2D eigenvalue weighted by molar-refractivity contribution is -0.141. The molecular formula is C9H11NO3. The van der Waals surface area contributed by atoms with E-state index in [0.29, 0.717) is 13.2 Å². The minimum atomic E-state index is -0.183. The topological polar surface area (TPSA) is 46.6 Å². The Hall–Kier alpha value is -1.16. The van der Waals surface area contributed by atoms with Gasteiger partial charge in [0.1, 0.15) is 0 Å². The monoisotopic (exact) mass is 181 g/mol. The molecule has 70 valence electrons. The smallest absolute Gasteiger partial charge is 0.253 e. The van der Waals surface area contributed by atoms with Gasteiger partial charge in [0.15, 0.2) is 0 Å². The van der Waals surface area contributed by atoms with Gasteiger partial charge in [-0.15, -0.1) is 0 Å². The first kappa shape index (κ1) is 8.44. The molecule has 2 amide bonds. The Bertz CT molecular complexity index is 248. The standard InChI is InChI=1S/C9H11NO3/c11-8-1-2-9(12)10(8)7-3-5-13-6-4-7/h1-2,7H,3-6H2. The van der Waals surface area contributed by atoms with Gasteiger partial charge in [0, 0.05) is 31.4 Å². The lowest BCUT2D eigenvalue weighted by Crippen LogP contribution is -2.43. The minimum Gasteiger partial charge on any atom is -0.381 e. The Kier molecular flexibility index (Phi) is 2.14. The van der Waals surface area contributed by atoms with Crippen LogP contribution in [0, 0.1) is 0 Å². The number of ether oxygens (including phenoxy) is 1. The predicted molar refractivity (Wildman–Crippen MR) is 44.8 cm³/mol. The van der Waals surface area contributed by atoms with E-state index >= 15 is 0 Å². The molecule has 2 aliphatic heterocycles. The van der Waals surface area contributed by atoms with Crippen molar-refractivity contribution >= 4 is 11.8 Å². The van der Waals surface area contributed by atoms with Gasteiger partial charge in [0.2, 0.25) is 0 Å². The lowest BCUT2D eigenvalue weighted by Gasteiger charge is -2.29. The second-order valence-electron chi connectivity index (χ2n) is 3.22. The highest BCUT2D eigenvalue weighted by Gasteiger charge is 2.31. The summed E-state index contributed by atoms with van der Waals surface area (Å²) in [6.07, 6.45) is 4.19. The van der Waals surface area contributed by atoms with E-state index in [1.807, 2.05) is 0 Å². The van der Waals surface area contributed by atoms with E-state index < -0.39 is 0 Å². The molecule has 0 bridgehead atoms. The summed E-state index contributed by atoms with van der Waals surface area (Å²) in [6, 6.07) is 0.0451. The molecule has 0 N–H and O–H groups in total. The molecule has 4 heteroatoms. The fourth-order valence-electron chi connectivity index (χ4n) is 1.72. The average molecular weight is 181 g/mol. The normalized spacial score (nSPS) is 24.5. The van der Waals surface area contributed by atoms with Crippen LogP contribution in [0.2, 0.25) is 0 Å². The third-order valence-corrected chi connectivity index (χ3v) is 2.40. The molecule has 0 spiro atoms. The molecule has 2 heterocycles. The quantitative estimate of drug-likeness (QED) is 0.538. The maximum atomic E-state index is 11.3. The largest absolute Gasteiger partial charge is 0.381 e. The molecule has 0 aromatic rings. The summed E-state index contributed by atoms with van der Waals surface area (Å²) in [5.41, 5.74) is 0. The molecule has 2 rings (SSSR count). The Morgan fingerprint density at radius 3 is 2.23 bits per heavy atom. The zero-order chi connectivity index (χ0) is 9.26. The van der Waals surface area contributed by atoms with Crippen LogP contribution in [0.4, 0.5) is 0 Å². The molecule has 0 atom stereocenters. The first-order valence-electron chi connectivity index (χ1n) is 4.42. The van der Waals surface area contributed by atoms with Crippen LogP contribution in [0.15, 0.2) is 12.2 Å². The molecule has 2 aliphatic rings. The number of rotatable bonds is 1. The van der Waals surface area contributed by atoms with Crippen molar-refractivity contribution < 1.29 is 14.3 Å². The predicted octanol–water partition coefficient (Wildman–Crippen LogP) is 0.0904. The van der Waals surface area contributed by atoms with Crippen molar-refractivity contribution in [1.29, 1.82) is 0 Å². The molecule has 13 heavy (non-hydrogen) atoms. The fraction of sp³-hybridized carbons (Fsp3) is 0.556. The molecule has 0 radical (unpaired) electrons. The molecule has 0 saturated carbocycles. The summed E-state index contributed by atoms with van der Waals surface area (Å²) < 4.78 is 5.16. The van der Waals surface area contributed by atoms with Crippen LogP contribution in [-0.2, 0) is 14.3 Å². The van der Waals surface area contributed by atoms with Gasteiger partial charge in [-0.25, -0.2) is 0 Å². The number of carbonyl (C=O) groups is 2. The van der Waals surface area contributed by atoms with Crippen LogP contribution in [0.3, 0.4) is 0 Å². The molecule has 0 aromatic carbocycles. The molecule has 0 aromatic heterocycles. The zero-order valence-electron chi connectivity index (χ0n) is 7.23. The van der Waals surface area contributed by atoms with Gasteiger partial charge in [-0.1, -0.05) is 0 Å². The van der Waals surface area contributed by atoms with Crippen molar-refractivity contribution in [3.8, 4) is 0 Å². The van der Waals surface area contributed by atoms with Crippen molar-refractivity contribution in [2.45, 2.75) is 18.9 Å². The van der Waals surface area contributed by atoms with Crippen LogP contribution < -0.4 is 0 Å². The van der Waals surface area contributed by atoms with E-state index in [2.05, 4.69) is 0 Å².